The van der Waals surface area contributed by atoms with Crippen LogP contribution in [0.5, 0.6) is 0 Å². The van der Waals surface area contributed by atoms with Crippen LogP contribution in [0, 0.1) is 0 Å². The van der Waals surface area contributed by atoms with Crippen LogP contribution in [0.4, 0.5) is 0 Å². The fraction of sp³-hybridized carbons (Fsp3) is 0.667. The third kappa shape index (κ3) is 1.23. The number of allylic oxidation sites excluding steroid dienone is 1. The average molecular weight is 130 g/mol. The van der Waals surface area contributed by atoms with Gasteiger partial charge in [-0.1, -0.05) is 5.57 Å². The van der Waals surface area contributed by atoms with Gasteiger partial charge >= 0.3 is 0 Å². The highest BCUT2D eigenvalue weighted by atomic mass is 31.2. The largest absolute Gasteiger partial charge is 0.320 e. The molecule has 0 saturated carbocycles. The van der Waals surface area contributed by atoms with E-state index in [1.165, 1.54) is 5.57 Å². The normalized spacial score (nSPS) is 37.5. The highest BCUT2D eigenvalue weighted by Gasteiger charge is 2.17. The minimum absolute atomic E-state index is 0.902. The zero-order chi connectivity index (χ0) is 6.20. The molecule has 2 heteroatoms. The van der Waals surface area contributed by atoms with E-state index in [0.29, 0.717) is 0 Å². The molecule has 1 heterocycles. The molecule has 1 rings (SSSR count). The van der Waals surface area contributed by atoms with Crippen LogP contribution in [0.1, 0.15) is 13.3 Å². The van der Waals surface area contributed by atoms with Crippen molar-refractivity contribution in [2.24, 2.45) is 0 Å². The van der Waals surface area contributed by atoms with E-state index in [0.717, 1.165) is 12.6 Å². The van der Waals surface area contributed by atoms with Gasteiger partial charge in [0.1, 0.15) is 7.14 Å². The lowest BCUT2D eigenvalue weighted by molar-refractivity contribution is 0.585. The van der Waals surface area contributed by atoms with E-state index in [1.54, 1.807) is 0 Å². The molecule has 1 aliphatic heterocycles. The molecule has 1 aliphatic rings. The summed E-state index contributed by atoms with van der Waals surface area (Å²) in [6.07, 6.45) is 1.95. The molecule has 0 N–H and O–H groups in total. The first-order chi connectivity index (χ1) is 3.60. The Morgan fingerprint density at radius 1 is 1.75 bits per heavy atom. The van der Waals surface area contributed by atoms with E-state index in [2.05, 4.69) is 0 Å². The van der Waals surface area contributed by atoms with Crippen LogP contribution in [0.25, 0.3) is 0 Å². The maximum atomic E-state index is 11.1. The lowest BCUT2D eigenvalue weighted by atomic mass is 10.3. The van der Waals surface area contributed by atoms with Gasteiger partial charge in [0.2, 0.25) is 0 Å². The van der Waals surface area contributed by atoms with Gasteiger partial charge in [-0.05, 0) is 25.8 Å². The molecule has 0 aromatic rings. The molecule has 0 amide bonds. The fourth-order valence-electron chi connectivity index (χ4n) is 0.994. The highest BCUT2D eigenvalue weighted by Crippen LogP contribution is 2.50. The molecule has 8 heavy (non-hydrogen) atoms. The van der Waals surface area contributed by atoms with Crippen LogP contribution < -0.4 is 0 Å². The molecule has 0 radical (unpaired) electrons. The van der Waals surface area contributed by atoms with Crippen molar-refractivity contribution in [3.05, 3.63) is 11.4 Å². The molecule has 0 aliphatic carbocycles. The fourth-order valence-corrected chi connectivity index (χ4v) is 2.98. The molecule has 46 valence electrons. The van der Waals surface area contributed by atoms with Crippen molar-refractivity contribution in [2.45, 2.75) is 13.3 Å². The summed E-state index contributed by atoms with van der Waals surface area (Å²) in [5, 5.41) is 0. The summed E-state index contributed by atoms with van der Waals surface area (Å²) in [5.41, 5.74) is 1.30. The molecular formula is C6H11OP. The van der Waals surface area contributed by atoms with E-state index in [4.69, 9.17) is 0 Å². The Labute approximate surface area is 50.2 Å². The van der Waals surface area contributed by atoms with Crippen molar-refractivity contribution >= 4 is 7.14 Å². The SMILES string of the molecule is CC1=C[P@](C)(=O)CC1. The molecule has 0 bridgehead atoms. The summed E-state index contributed by atoms with van der Waals surface area (Å²) in [7, 11) is -1.76. The van der Waals surface area contributed by atoms with Gasteiger partial charge in [-0.25, -0.2) is 0 Å². The van der Waals surface area contributed by atoms with Crippen molar-refractivity contribution in [1.82, 2.24) is 0 Å². The van der Waals surface area contributed by atoms with E-state index in [1.807, 2.05) is 19.4 Å². The van der Waals surface area contributed by atoms with Gasteiger partial charge in [-0.15, -0.1) is 0 Å². The first-order valence-corrected chi connectivity index (χ1v) is 5.25. The zero-order valence-electron chi connectivity index (χ0n) is 5.35. The van der Waals surface area contributed by atoms with Crippen molar-refractivity contribution in [3.8, 4) is 0 Å². The third-order valence-electron chi connectivity index (χ3n) is 1.44. The second-order valence-electron chi connectivity index (χ2n) is 2.62. The average Bonchev–Trinajstić information content (AvgIpc) is 1.82. The quantitative estimate of drug-likeness (QED) is 0.460. The number of hydrogen-bond donors (Lipinski definition) is 0. The van der Waals surface area contributed by atoms with Crippen LogP contribution >= 0.6 is 7.14 Å². The van der Waals surface area contributed by atoms with Gasteiger partial charge in [0, 0.05) is 6.16 Å². The standard InChI is InChI=1S/C6H11OP/c1-6-3-4-8(2,7)5-6/h5H,3-4H2,1-2H3/t8-/m1/s1. The Morgan fingerprint density at radius 2 is 2.38 bits per heavy atom. The van der Waals surface area contributed by atoms with E-state index >= 15 is 0 Å². The van der Waals surface area contributed by atoms with E-state index in [-0.39, 0.29) is 0 Å². The van der Waals surface area contributed by atoms with Crippen molar-refractivity contribution in [2.75, 3.05) is 12.8 Å². The molecule has 1 atom stereocenters. The predicted octanol–water partition coefficient (Wildman–Crippen LogP) is 2.29. The molecule has 0 fully saturated rings. The summed E-state index contributed by atoms with van der Waals surface area (Å²) in [5.74, 6) is 1.94. The van der Waals surface area contributed by atoms with Crippen LogP contribution in [-0.2, 0) is 4.57 Å². The Morgan fingerprint density at radius 3 is 2.50 bits per heavy atom. The topological polar surface area (TPSA) is 17.1 Å². The van der Waals surface area contributed by atoms with Crippen LogP contribution in [0.2, 0.25) is 0 Å². The smallest absolute Gasteiger partial charge is 0.106 e. The van der Waals surface area contributed by atoms with E-state index < -0.39 is 7.14 Å². The molecule has 0 unspecified atom stereocenters. The van der Waals surface area contributed by atoms with Gasteiger partial charge in [0.15, 0.2) is 0 Å². The first kappa shape index (κ1) is 6.10. The van der Waals surface area contributed by atoms with Crippen molar-refractivity contribution in [3.63, 3.8) is 0 Å². The Hall–Kier alpha value is -0.0300. The Bertz CT molecular complexity index is 169. The van der Waals surface area contributed by atoms with Gasteiger partial charge in [0.25, 0.3) is 0 Å². The second kappa shape index (κ2) is 1.73. The van der Waals surface area contributed by atoms with Crippen molar-refractivity contribution < 1.29 is 4.57 Å². The van der Waals surface area contributed by atoms with E-state index in [9.17, 15) is 4.57 Å². The predicted molar refractivity (Wildman–Crippen MR) is 36.8 cm³/mol. The summed E-state index contributed by atoms with van der Waals surface area (Å²) in [4.78, 5) is 0. The third-order valence-corrected chi connectivity index (χ3v) is 3.54. The van der Waals surface area contributed by atoms with Crippen LogP contribution in [0.15, 0.2) is 11.4 Å². The van der Waals surface area contributed by atoms with Gasteiger partial charge in [0.05, 0.1) is 0 Å². The van der Waals surface area contributed by atoms with Gasteiger partial charge in [-0.2, -0.15) is 0 Å². The molecule has 0 saturated heterocycles. The van der Waals surface area contributed by atoms with Gasteiger partial charge in [-0.3, -0.25) is 0 Å². The van der Waals surface area contributed by atoms with Crippen molar-refractivity contribution in [1.29, 1.82) is 0 Å². The van der Waals surface area contributed by atoms with Gasteiger partial charge < -0.3 is 4.57 Å². The molecule has 1 nitrogen and oxygen atoms in total. The molecular weight excluding hydrogens is 119 g/mol. The lowest BCUT2D eigenvalue weighted by Crippen LogP contribution is -1.73. The molecule has 0 aromatic heterocycles. The lowest BCUT2D eigenvalue weighted by Gasteiger charge is -1.94. The summed E-state index contributed by atoms with van der Waals surface area (Å²) < 4.78 is 11.1. The van der Waals surface area contributed by atoms with Crippen LogP contribution in [0.3, 0.4) is 0 Å². The molecule has 0 aromatic carbocycles. The number of rotatable bonds is 0. The summed E-state index contributed by atoms with van der Waals surface area (Å²) in [6.45, 7) is 3.90. The number of hydrogen-bond acceptors (Lipinski definition) is 1. The molecule has 0 spiro atoms. The summed E-state index contributed by atoms with van der Waals surface area (Å²) in [6, 6.07) is 0. The van der Waals surface area contributed by atoms with Crippen LogP contribution in [-0.4, -0.2) is 12.8 Å². The monoisotopic (exact) mass is 130 g/mol. The Balaban J connectivity index is 2.82. The minimum Gasteiger partial charge on any atom is -0.320 e. The maximum absolute atomic E-state index is 11.1. The maximum Gasteiger partial charge on any atom is 0.106 e. The minimum atomic E-state index is -1.76. The Kier molecular flexibility index (Phi) is 1.32. The summed E-state index contributed by atoms with van der Waals surface area (Å²) >= 11 is 0. The second-order valence-corrected chi connectivity index (χ2v) is 5.68. The zero-order valence-corrected chi connectivity index (χ0v) is 6.24. The highest BCUT2D eigenvalue weighted by molar-refractivity contribution is 7.66. The first-order valence-electron chi connectivity index (χ1n) is 2.85.